The summed E-state index contributed by atoms with van der Waals surface area (Å²) in [5.41, 5.74) is 9.94. The van der Waals surface area contributed by atoms with Crippen LogP contribution in [0.25, 0.3) is 0 Å². The van der Waals surface area contributed by atoms with Gasteiger partial charge in [0.05, 0.1) is 56.7 Å². The molecule has 2 aliphatic carbocycles. The Labute approximate surface area is 407 Å². The van der Waals surface area contributed by atoms with Crippen molar-refractivity contribution in [3.05, 3.63) is 54.1 Å². The number of nitrogens with two attached hydrogens (primary N) is 1. The van der Waals surface area contributed by atoms with Crippen LogP contribution in [0.3, 0.4) is 0 Å². The van der Waals surface area contributed by atoms with Crippen molar-refractivity contribution in [2.75, 3.05) is 58.6 Å². The van der Waals surface area contributed by atoms with Crippen molar-refractivity contribution >= 4 is 71.7 Å². The Balaban J connectivity index is 0.000000278. The second kappa shape index (κ2) is 25.8. The van der Waals surface area contributed by atoms with Crippen molar-refractivity contribution in [2.45, 2.75) is 161 Å². The highest BCUT2D eigenvalue weighted by Crippen LogP contribution is 2.34. The Morgan fingerprint density at radius 3 is 1.24 bits per heavy atom. The highest BCUT2D eigenvalue weighted by Gasteiger charge is 2.36. The summed E-state index contributed by atoms with van der Waals surface area (Å²) in [4.78, 5) is 28.3. The molecule has 6 rings (SSSR count). The fraction of sp³-hybridized carbons (Fsp3) is 0.720. The van der Waals surface area contributed by atoms with Crippen LogP contribution in [0, 0.1) is 23.7 Å². The standard InChI is InChI=1S/C25H39NO4S.C12H18N2O.C12H22O4S.CH2Cl2/c1-18-15-26(16-19(2)30-18)23-12-8-20(9-13-23)14-24(27)22-10-6-21(7-11-22)17-31(28,29)25(3,4)5;1-9-7-14(8-10(2)15-9)12-5-3-11(13)4-6-12;1-12(2,3)17(15,16)8-9-4-6-10(7-5-9)11(13)14;2-1-3/h8-9,12-13,18-19,21-22H,6-7,10-11,14-17H2,1-5H3;3-6,9-10H,7-8,13H2,1-2H3;9-10H,4-8H2,1-3H3,(H,13,14);1H2/t18-,19+,21?,22?;9-,10+;;. The van der Waals surface area contributed by atoms with Crippen LogP contribution in [0.4, 0.5) is 17.1 Å². The Morgan fingerprint density at radius 2 is 0.924 bits per heavy atom. The van der Waals surface area contributed by atoms with Gasteiger partial charge in [0, 0.05) is 55.6 Å². The molecule has 0 aromatic heterocycles. The van der Waals surface area contributed by atoms with E-state index in [4.69, 9.17) is 43.5 Å². The SMILES string of the molecule is CC(C)(C)S(=O)(=O)CC1CCC(C(=O)O)CC1.C[C@@H]1CN(c2ccc(CC(=O)C3CCC(CS(=O)(=O)C(C)(C)C)CC3)cc2)C[C@H](C)O1.C[C@@H]1CN(c2ccc(N)cc2)C[C@H](C)O1.ClCCl. The molecule has 0 amide bonds. The molecule has 0 bridgehead atoms. The first kappa shape index (κ1) is 57.7. The molecule has 66 heavy (non-hydrogen) atoms. The van der Waals surface area contributed by atoms with Crippen LogP contribution in [-0.4, -0.2) is 111 Å². The number of alkyl halides is 2. The average Bonchev–Trinajstić information content (AvgIpc) is 3.21. The first-order valence-electron chi connectivity index (χ1n) is 23.7. The maximum Gasteiger partial charge on any atom is 0.306 e. The van der Waals surface area contributed by atoms with Gasteiger partial charge in [-0.3, -0.25) is 9.59 Å². The lowest BCUT2D eigenvalue weighted by Gasteiger charge is -2.37. The lowest BCUT2D eigenvalue weighted by Crippen LogP contribution is -2.45. The Bertz CT molecular complexity index is 1990. The topological polar surface area (TPSA) is 174 Å². The maximum absolute atomic E-state index is 12.8. The van der Waals surface area contributed by atoms with Gasteiger partial charge in [0.1, 0.15) is 5.78 Å². The number of morpholine rings is 2. The second-order valence-electron chi connectivity index (χ2n) is 20.9. The minimum absolute atomic E-state index is 0.0641. The molecule has 4 fully saturated rings. The molecule has 0 radical (unpaired) electrons. The summed E-state index contributed by atoms with van der Waals surface area (Å²) in [7, 11) is -6.18. The average molecular weight is 1000 g/mol. The van der Waals surface area contributed by atoms with Gasteiger partial charge in [-0.25, -0.2) is 16.8 Å². The number of carboxylic acids is 1. The smallest absolute Gasteiger partial charge is 0.306 e. The number of nitrogen functional groups attached to an aromatic ring is 1. The molecule has 4 atom stereocenters. The van der Waals surface area contributed by atoms with Gasteiger partial charge in [0.2, 0.25) is 0 Å². The lowest BCUT2D eigenvalue weighted by molar-refractivity contribution is -0.143. The molecule has 12 nitrogen and oxygen atoms in total. The number of ketones is 1. The quantitative estimate of drug-likeness (QED) is 0.171. The minimum atomic E-state index is -3.10. The van der Waals surface area contributed by atoms with Crippen molar-refractivity contribution in [1.29, 1.82) is 0 Å². The summed E-state index contributed by atoms with van der Waals surface area (Å²) in [5.74, 6) is 0.0969. The number of rotatable bonds is 10. The van der Waals surface area contributed by atoms with E-state index >= 15 is 0 Å². The number of aliphatic carboxylic acids is 1. The number of sulfone groups is 2. The molecule has 4 aliphatic rings. The normalized spacial score (nSPS) is 26.3. The molecule has 2 aliphatic heterocycles. The van der Waals surface area contributed by atoms with E-state index in [1.807, 2.05) is 12.1 Å². The third-order valence-corrected chi connectivity index (χ3v) is 18.6. The zero-order valence-electron chi connectivity index (χ0n) is 41.3. The largest absolute Gasteiger partial charge is 0.481 e. The number of nitrogens with zero attached hydrogens (tertiary/aromatic N) is 2. The lowest BCUT2D eigenvalue weighted by atomic mass is 9.79. The monoisotopic (exact) mass is 1000 g/mol. The number of halogens is 2. The number of Topliss-reactive ketones (excluding diaryl/α,β-unsaturated/α-hetero) is 1. The van der Waals surface area contributed by atoms with Gasteiger partial charge in [-0.05, 0) is 174 Å². The Kier molecular flexibility index (Phi) is 22.6. The van der Waals surface area contributed by atoms with Crippen LogP contribution in [-0.2, 0) is 45.2 Å². The fourth-order valence-electron chi connectivity index (χ4n) is 8.98. The number of hydrogen-bond donors (Lipinski definition) is 2. The van der Waals surface area contributed by atoms with Crippen LogP contribution >= 0.6 is 23.2 Å². The molecule has 3 N–H and O–H groups in total. The van der Waals surface area contributed by atoms with Gasteiger partial charge >= 0.3 is 5.97 Å². The number of carbonyl (C=O) groups is 2. The van der Waals surface area contributed by atoms with E-state index in [0.29, 0.717) is 50.1 Å². The zero-order valence-corrected chi connectivity index (χ0v) is 44.5. The highest BCUT2D eigenvalue weighted by molar-refractivity contribution is 7.93. The molecule has 2 aromatic carbocycles. The van der Waals surface area contributed by atoms with Gasteiger partial charge in [0.15, 0.2) is 19.7 Å². The van der Waals surface area contributed by atoms with E-state index < -0.39 is 35.1 Å². The molecule has 0 spiro atoms. The van der Waals surface area contributed by atoms with Crippen LogP contribution in [0.1, 0.15) is 126 Å². The Morgan fingerprint density at radius 1 is 0.606 bits per heavy atom. The van der Waals surface area contributed by atoms with Gasteiger partial charge < -0.3 is 30.1 Å². The van der Waals surface area contributed by atoms with Gasteiger partial charge in [-0.15, -0.1) is 23.2 Å². The maximum atomic E-state index is 12.8. The van der Waals surface area contributed by atoms with Gasteiger partial charge in [-0.1, -0.05) is 12.1 Å². The van der Waals surface area contributed by atoms with Gasteiger partial charge in [0.25, 0.3) is 0 Å². The van der Waals surface area contributed by atoms with Crippen molar-refractivity contribution in [3.8, 4) is 0 Å². The number of ether oxygens (including phenoxy) is 2. The third kappa shape index (κ3) is 18.7. The predicted octanol–water partition coefficient (Wildman–Crippen LogP) is 9.83. The van der Waals surface area contributed by atoms with Crippen LogP contribution in [0.2, 0.25) is 0 Å². The number of hydrogen-bond acceptors (Lipinski definition) is 11. The number of carboxylic acid groups (broad SMARTS) is 1. The molecule has 0 unspecified atom stereocenters. The molecule has 16 heteroatoms. The summed E-state index contributed by atoms with van der Waals surface area (Å²) in [6.45, 7) is 22.5. The summed E-state index contributed by atoms with van der Waals surface area (Å²) >= 11 is 9.53. The van der Waals surface area contributed by atoms with Crippen LogP contribution < -0.4 is 15.5 Å². The van der Waals surface area contributed by atoms with E-state index in [0.717, 1.165) is 63.1 Å². The van der Waals surface area contributed by atoms with E-state index in [9.17, 15) is 26.4 Å². The predicted molar refractivity (Wildman–Crippen MR) is 273 cm³/mol. The summed E-state index contributed by atoms with van der Waals surface area (Å²) in [6.07, 6.45) is 7.43. The first-order chi connectivity index (χ1) is 30.6. The highest BCUT2D eigenvalue weighted by atomic mass is 35.5. The van der Waals surface area contributed by atoms with Crippen molar-refractivity contribution < 1.29 is 41.0 Å². The van der Waals surface area contributed by atoms with Crippen molar-refractivity contribution in [3.63, 3.8) is 0 Å². The zero-order chi connectivity index (χ0) is 49.6. The van der Waals surface area contributed by atoms with Crippen LogP contribution in [0.5, 0.6) is 0 Å². The molecule has 376 valence electrons. The van der Waals surface area contributed by atoms with Crippen molar-refractivity contribution in [1.82, 2.24) is 0 Å². The van der Waals surface area contributed by atoms with Crippen molar-refractivity contribution in [2.24, 2.45) is 23.7 Å². The molecular weight excluding hydrogens is 922 g/mol. The van der Waals surface area contributed by atoms with E-state index in [1.54, 1.807) is 41.5 Å². The summed E-state index contributed by atoms with van der Waals surface area (Å²) in [6, 6.07) is 16.4. The second-order valence-corrected chi connectivity index (χ2v) is 27.3. The van der Waals surface area contributed by atoms with E-state index in [1.165, 1.54) is 11.4 Å². The number of anilines is 3. The van der Waals surface area contributed by atoms with E-state index in [-0.39, 0.29) is 52.7 Å². The number of carbonyl (C=O) groups excluding carboxylic acids is 1. The Hall–Kier alpha value is -2.62. The first-order valence-corrected chi connectivity index (χ1v) is 28.1. The third-order valence-electron chi connectivity index (χ3n) is 13.1. The molecule has 2 saturated heterocycles. The van der Waals surface area contributed by atoms with Gasteiger partial charge in [-0.2, -0.15) is 0 Å². The summed E-state index contributed by atoms with van der Waals surface area (Å²) < 4.78 is 59.1. The summed E-state index contributed by atoms with van der Waals surface area (Å²) in [5, 5.41) is 9.06. The fourth-order valence-corrected chi connectivity index (χ4v) is 11.9. The molecule has 2 aromatic rings. The van der Waals surface area contributed by atoms with E-state index in [2.05, 4.69) is 73.9 Å². The minimum Gasteiger partial charge on any atom is -0.481 e. The molecule has 2 heterocycles. The van der Waals surface area contributed by atoms with Crippen LogP contribution in [0.15, 0.2) is 48.5 Å². The molecular formula is C50H81Cl2N3O9S2. The number of benzene rings is 2. The molecule has 2 saturated carbocycles.